The van der Waals surface area contributed by atoms with E-state index in [2.05, 4.69) is 5.32 Å². The van der Waals surface area contributed by atoms with Crippen molar-refractivity contribution in [1.29, 1.82) is 0 Å². The van der Waals surface area contributed by atoms with E-state index in [4.69, 9.17) is 4.74 Å². The summed E-state index contributed by atoms with van der Waals surface area (Å²) in [7, 11) is 1.48. The molecular weight excluding hydrogens is 154 g/mol. The van der Waals surface area contributed by atoms with Crippen LogP contribution in [0.5, 0.6) is 0 Å². The zero-order valence-corrected chi connectivity index (χ0v) is 7.43. The summed E-state index contributed by atoms with van der Waals surface area (Å²) >= 11 is 0. The summed E-state index contributed by atoms with van der Waals surface area (Å²) in [4.78, 5) is 11.2. The molecule has 2 fully saturated rings. The molecule has 1 heterocycles. The van der Waals surface area contributed by atoms with E-state index >= 15 is 0 Å². The van der Waals surface area contributed by atoms with Crippen LogP contribution in [-0.4, -0.2) is 25.2 Å². The van der Waals surface area contributed by atoms with Crippen LogP contribution in [0.4, 0.5) is 0 Å². The van der Waals surface area contributed by atoms with Crippen LogP contribution in [-0.2, 0) is 9.53 Å². The Bertz CT molecular complexity index is 199. The second-order valence-electron chi connectivity index (χ2n) is 3.95. The highest BCUT2D eigenvalue weighted by Gasteiger charge is 2.47. The Labute approximate surface area is 72.5 Å². The minimum Gasteiger partial charge on any atom is -0.469 e. The van der Waals surface area contributed by atoms with Crippen LogP contribution in [0.15, 0.2) is 0 Å². The van der Waals surface area contributed by atoms with Crippen LogP contribution in [0.1, 0.15) is 25.7 Å². The Morgan fingerprint density at radius 1 is 1.67 bits per heavy atom. The number of methoxy groups -OCH3 is 1. The van der Waals surface area contributed by atoms with Gasteiger partial charge in [-0.05, 0) is 19.3 Å². The van der Waals surface area contributed by atoms with Gasteiger partial charge in [-0.1, -0.05) is 6.42 Å². The van der Waals surface area contributed by atoms with Gasteiger partial charge >= 0.3 is 5.97 Å². The molecule has 1 saturated carbocycles. The lowest BCUT2D eigenvalue weighted by atomic mass is 9.81. The Morgan fingerprint density at radius 3 is 3.00 bits per heavy atom. The topological polar surface area (TPSA) is 48.2 Å². The molecular formula is C9H15NO2. The molecule has 2 aliphatic rings. The largest absolute Gasteiger partial charge is 0.469 e. The van der Waals surface area contributed by atoms with Crippen molar-refractivity contribution in [3.63, 3.8) is 0 Å². The predicted octanol–water partition coefficient (Wildman–Crippen LogP) is 0.692. The Balaban J connectivity index is 1.94. The molecule has 0 amide bonds. The second kappa shape index (κ2) is 2.73. The van der Waals surface area contributed by atoms with E-state index < -0.39 is 0 Å². The normalized spacial score (nSPS) is 39.6. The molecule has 2 atom stereocenters. The van der Waals surface area contributed by atoms with Crippen LogP contribution >= 0.6 is 0 Å². The lowest BCUT2D eigenvalue weighted by Gasteiger charge is -2.25. The Hall–Kier alpha value is -0.570. The first-order chi connectivity index (χ1) is 5.76. The van der Waals surface area contributed by atoms with E-state index in [1.807, 2.05) is 0 Å². The van der Waals surface area contributed by atoms with Gasteiger partial charge in [0.15, 0.2) is 0 Å². The van der Waals surface area contributed by atoms with Crippen molar-refractivity contribution in [3.05, 3.63) is 0 Å². The highest BCUT2D eigenvalue weighted by atomic mass is 16.5. The molecule has 0 aromatic carbocycles. The van der Waals surface area contributed by atoms with Gasteiger partial charge in [0.25, 0.3) is 0 Å². The molecule has 12 heavy (non-hydrogen) atoms. The zero-order chi connectivity index (χ0) is 8.60. The quantitative estimate of drug-likeness (QED) is 0.464. The molecule has 68 valence electrons. The summed E-state index contributed by atoms with van der Waals surface area (Å²) in [6, 6.07) is 0. The number of esters is 1. The standard InChI is InChI=1S/C9H15NO2/c1-12-8(11)7-3-2-4-9(5-7)6-10-9/h7,10H,2-6H2,1H3. The SMILES string of the molecule is COC(=O)C1CCCC2(CN2)C1. The first-order valence-corrected chi connectivity index (χ1v) is 4.59. The fourth-order valence-electron chi connectivity index (χ4n) is 2.18. The molecule has 0 aromatic heterocycles. The molecule has 1 aliphatic carbocycles. The molecule has 2 unspecified atom stereocenters. The first-order valence-electron chi connectivity index (χ1n) is 4.59. The van der Waals surface area contributed by atoms with E-state index in [9.17, 15) is 4.79 Å². The van der Waals surface area contributed by atoms with Crippen molar-refractivity contribution in [3.8, 4) is 0 Å². The summed E-state index contributed by atoms with van der Waals surface area (Å²) in [5.41, 5.74) is 0.330. The average molecular weight is 169 g/mol. The number of hydrogen-bond donors (Lipinski definition) is 1. The maximum absolute atomic E-state index is 11.2. The van der Waals surface area contributed by atoms with Gasteiger partial charge in [0.2, 0.25) is 0 Å². The lowest BCUT2D eigenvalue weighted by molar-refractivity contribution is -0.146. The van der Waals surface area contributed by atoms with E-state index in [1.54, 1.807) is 0 Å². The Kier molecular flexibility index (Phi) is 1.83. The van der Waals surface area contributed by atoms with Crippen LogP contribution in [0.25, 0.3) is 0 Å². The van der Waals surface area contributed by atoms with Gasteiger partial charge in [0.1, 0.15) is 0 Å². The zero-order valence-electron chi connectivity index (χ0n) is 7.43. The van der Waals surface area contributed by atoms with Crippen LogP contribution in [0, 0.1) is 5.92 Å². The minimum atomic E-state index is -0.0252. The molecule has 0 aromatic rings. The number of carbonyl (C=O) groups is 1. The summed E-state index contributed by atoms with van der Waals surface area (Å²) in [5, 5.41) is 3.35. The number of nitrogens with one attached hydrogen (secondary N) is 1. The van der Waals surface area contributed by atoms with Crippen molar-refractivity contribution >= 4 is 5.97 Å². The molecule has 0 radical (unpaired) electrons. The molecule has 1 aliphatic heterocycles. The summed E-state index contributed by atoms with van der Waals surface area (Å²) in [5.74, 6) is 0.126. The molecule has 3 nitrogen and oxygen atoms in total. The number of rotatable bonds is 1. The number of ether oxygens (including phenoxy) is 1. The number of hydrogen-bond acceptors (Lipinski definition) is 3. The van der Waals surface area contributed by atoms with E-state index in [0.717, 1.165) is 25.8 Å². The third-order valence-corrected chi connectivity index (χ3v) is 3.06. The van der Waals surface area contributed by atoms with Crippen molar-refractivity contribution in [1.82, 2.24) is 5.32 Å². The monoisotopic (exact) mass is 169 g/mol. The molecule has 0 bridgehead atoms. The fourth-order valence-corrected chi connectivity index (χ4v) is 2.18. The smallest absolute Gasteiger partial charge is 0.308 e. The number of carbonyl (C=O) groups excluding carboxylic acids is 1. The van der Waals surface area contributed by atoms with Crippen LogP contribution in [0.3, 0.4) is 0 Å². The van der Waals surface area contributed by atoms with Crippen molar-refractivity contribution < 1.29 is 9.53 Å². The van der Waals surface area contributed by atoms with Crippen LogP contribution in [0.2, 0.25) is 0 Å². The predicted molar refractivity (Wildman–Crippen MR) is 44.7 cm³/mol. The van der Waals surface area contributed by atoms with Crippen molar-refractivity contribution in [2.24, 2.45) is 5.92 Å². The van der Waals surface area contributed by atoms with E-state index in [0.29, 0.717) is 5.54 Å². The average Bonchev–Trinajstić information content (AvgIpc) is 2.84. The Morgan fingerprint density at radius 2 is 2.42 bits per heavy atom. The van der Waals surface area contributed by atoms with Crippen molar-refractivity contribution in [2.45, 2.75) is 31.2 Å². The highest BCUT2D eigenvalue weighted by molar-refractivity contribution is 5.72. The first kappa shape index (κ1) is 8.05. The van der Waals surface area contributed by atoms with Gasteiger partial charge in [-0.15, -0.1) is 0 Å². The summed E-state index contributed by atoms with van der Waals surface area (Å²) < 4.78 is 4.74. The molecule has 2 rings (SSSR count). The maximum Gasteiger partial charge on any atom is 0.308 e. The summed E-state index contributed by atoms with van der Waals surface area (Å²) in [6.07, 6.45) is 4.39. The highest BCUT2D eigenvalue weighted by Crippen LogP contribution is 2.38. The molecule has 1 saturated heterocycles. The molecule has 1 N–H and O–H groups in total. The van der Waals surface area contributed by atoms with Gasteiger partial charge < -0.3 is 10.1 Å². The maximum atomic E-state index is 11.2. The van der Waals surface area contributed by atoms with Crippen LogP contribution < -0.4 is 5.32 Å². The fraction of sp³-hybridized carbons (Fsp3) is 0.889. The van der Waals surface area contributed by atoms with Gasteiger partial charge in [-0.25, -0.2) is 0 Å². The molecule has 1 spiro atoms. The van der Waals surface area contributed by atoms with Gasteiger partial charge in [0, 0.05) is 12.1 Å². The lowest BCUT2D eigenvalue weighted by Crippen LogP contribution is -2.30. The summed E-state index contributed by atoms with van der Waals surface area (Å²) in [6.45, 7) is 1.10. The minimum absolute atomic E-state index is 0.0252. The second-order valence-corrected chi connectivity index (χ2v) is 3.95. The van der Waals surface area contributed by atoms with Crippen molar-refractivity contribution in [2.75, 3.05) is 13.7 Å². The van der Waals surface area contributed by atoms with Gasteiger partial charge in [0.05, 0.1) is 13.0 Å². The van der Waals surface area contributed by atoms with Gasteiger partial charge in [-0.2, -0.15) is 0 Å². The third-order valence-electron chi connectivity index (χ3n) is 3.06. The van der Waals surface area contributed by atoms with Gasteiger partial charge in [-0.3, -0.25) is 4.79 Å². The third kappa shape index (κ3) is 1.33. The molecule has 3 heteroatoms. The van der Waals surface area contributed by atoms with E-state index in [1.165, 1.54) is 13.5 Å². The van der Waals surface area contributed by atoms with E-state index in [-0.39, 0.29) is 11.9 Å².